The molecular formula is C9H18F2N2O2. The molecule has 0 aromatic carbocycles. The Morgan fingerprint density at radius 1 is 1.53 bits per heavy atom. The van der Waals surface area contributed by atoms with Crippen LogP contribution in [0, 0.1) is 0 Å². The highest BCUT2D eigenvalue weighted by Crippen LogP contribution is 2.09. The Morgan fingerprint density at radius 2 is 2.07 bits per heavy atom. The van der Waals surface area contributed by atoms with Gasteiger partial charge in [0.2, 0.25) is 5.91 Å². The zero-order valence-corrected chi connectivity index (χ0v) is 9.26. The van der Waals surface area contributed by atoms with E-state index in [9.17, 15) is 13.6 Å². The molecule has 0 aliphatic carbocycles. The summed E-state index contributed by atoms with van der Waals surface area (Å²) in [5, 5.41) is 10.6. The number of hydrogen-bond acceptors (Lipinski definition) is 3. The van der Waals surface area contributed by atoms with Crippen molar-refractivity contribution in [3.8, 4) is 0 Å². The van der Waals surface area contributed by atoms with Crippen molar-refractivity contribution >= 4 is 5.91 Å². The second-order valence-corrected chi connectivity index (χ2v) is 3.72. The highest BCUT2D eigenvalue weighted by molar-refractivity contribution is 5.78. The number of aliphatic hydroxyl groups excluding tert-OH is 1. The molecule has 0 unspecified atom stereocenters. The lowest BCUT2D eigenvalue weighted by Crippen LogP contribution is -2.43. The van der Waals surface area contributed by atoms with Crippen molar-refractivity contribution in [1.82, 2.24) is 10.2 Å². The van der Waals surface area contributed by atoms with E-state index in [0.29, 0.717) is 0 Å². The molecule has 0 fully saturated rings. The molecule has 0 bridgehead atoms. The molecule has 2 N–H and O–H groups in total. The average Bonchev–Trinajstić information content (AvgIpc) is 2.16. The number of halogens is 2. The van der Waals surface area contributed by atoms with Crippen LogP contribution in [0.3, 0.4) is 0 Å². The van der Waals surface area contributed by atoms with Crippen molar-refractivity contribution in [2.75, 3.05) is 26.7 Å². The zero-order valence-electron chi connectivity index (χ0n) is 9.26. The Morgan fingerprint density at radius 3 is 2.47 bits per heavy atom. The van der Waals surface area contributed by atoms with E-state index >= 15 is 0 Å². The summed E-state index contributed by atoms with van der Waals surface area (Å²) < 4.78 is 25.1. The van der Waals surface area contributed by atoms with Gasteiger partial charge >= 0.3 is 0 Å². The molecule has 0 rings (SSSR count). The number of carbonyl (C=O) groups is 1. The second-order valence-electron chi connectivity index (χ2n) is 3.72. The van der Waals surface area contributed by atoms with Gasteiger partial charge in [0.1, 0.15) is 6.61 Å². The lowest BCUT2D eigenvalue weighted by atomic mass is 10.3. The number of aliphatic hydroxyl groups is 1. The third-order valence-electron chi connectivity index (χ3n) is 2.06. The van der Waals surface area contributed by atoms with Gasteiger partial charge in [-0.3, -0.25) is 4.79 Å². The van der Waals surface area contributed by atoms with Gasteiger partial charge in [-0.1, -0.05) is 0 Å². The van der Waals surface area contributed by atoms with Gasteiger partial charge in [0.05, 0.1) is 13.1 Å². The van der Waals surface area contributed by atoms with E-state index in [1.807, 2.05) is 13.8 Å². The predicted molar refractivity (Wildman–Crippen MR) is 52.8 cm³/mol. The number of nitrogens with one attached hydrogen (secondary N) is 1. The van der Waals surface area contributed by atoms with E-state index in [0.717, 1.165) is 0 Å². The van der Waals surface area contributed by atoms with Gasteiger partial charge in [-0.2, -0.15) is 0 Å². The molecule has 0 aliphatic rings. The Hall–Kier alpha value is -0.750. The number of likely N-dealkylation sites (N-methyl/N-ethyl adjacent to an activating group) is 1. The summed E-state index contributed by atoms with van der Waals surface area (Å²) in [5.74, 6) is -3.42. The van der Waals surface area contributed by atoms with Crippen LogP contribution in [0.2, 0.25) is 0 Å². The molecule has 0 aromatic rings. The molecule has 0 heterocycles. The minimum Gasteiger partial charge on any atom is -0.390 e. The van der Waals surface area contributed by atoms with Crippen molar-refractivity contribution in [2.45, 2.75) is 25.8 Å². The fourth-order valence-corrected chi connectivity index (χ4v) is 0.821. The smallest absolute Gasteiger partial charge is 0.282 e. The van der Waals surface area contributed by atoms with Gasteiger partial charge in [-0.25, -0.2) is 8.78 Å². The van der Waals surface area contributed by atoms with Gasteiger partial charge in [-0.15, -0.1) is 0 Å². The van der Waals surface area contributed by atoms with Crippen molar-refractivity contribution in [3.63, 3.8) is 0 Å². The third-order valence-corrected chi connectivity index (χ3v) is 2.06. The highest BCUT2D eigenvalue weighted by atomic mass is 19.3. The number of rotatable bonds is 6. The fourth-order valence-electron chi connectivity index (χ4n) is 0.821. The summed E-state index contributed by atoms with van der Waals surface area (Å²) in [5.41, 5.74) is 0. The molecule has 0 aliphatic heterocycles. The summed E-state index contributed by atoms with van der Waals surface area (Å²) in [4.78, 5) is 12.8. The molecule has 1 amide bonds. The number of hydrogen-bond donors (Lipinski definition) is 2. The van der Waals surface area contributed by atoms with Gasteiger partial charge in [0.25, 0.3) is 5.92 Å². The summed E-state index contributed by atoms with van der Waals surface area (Å²) in [6.07, 6.45) is 0. The molecule has 4 nitrogen and oxygen atoms in total. The lowest BCUT2D eigenvalue weighted by Gasteiger charge is -2.22. The molecule has 0 spiro atoms. The van der Waals surface area contributed by atoms with Crippen molar-refractivity contribution in [2.24, 2.45) is 0 Å². The Bertz CT molecular complexity index is 210. The summed E-state index contributed by atoms with van der Waals surface area (Å²) in [6.45, 7) is 1.61. The lowest BCUT2D eigenvalue weighted by molar-refractivity contribution is -0.130. The number of nitrogens with zero attached hydrogens (tertiary/aromatic N) is 1. The first kappa shape index (κ1) is 14.2. The van der Waals surface area contributed by atoms with Crippen LogP contribution >= 0.6 is 0 Å². The van der Waals surface area contributed by atoms with Crippen LogP contribution < -0.4 is 5.32 Å². The first-order valence-corrected chi connectivity index (χ1v) is 4.75. The van der Waals surface area contributed by atoms with Crippen LogP contribution in [0.15, 0.2) is 0 Å². The molecule has 15 heavy (non-hydrogen) atoms. The summed E-state index contributed by atoms with van der Waals surface area (Å²) >= 11 is 0. The molecule has 0 aromatic heterocycles. The maximum absolute atomic E-state index is 12.5. The predicted octanol–water partition coefficient (Wildman–Crippen LogP) is 0.0704. The number of carbonyl (C=O) groups excluding carboxylic acids is 1. The van der Waals surface area contributed by atoms with Crippen LogP contribution in [0.5, 0.6) is 0 Å². The van der Waals surface area contributed by atoms with Crippen LogP contribution in [0.25, 0.3) is 0 Å². The van der Waals surface area contributed by atoms with E-state index in [4.69, 9.17) is 5.11 Å². The quantitative estimate of drug-likeness (QED) is 0.671. The Kier molecular flexibility index (Phi) is 5.67. The van der Waals surface area contributed by atoms with Crippen molar-refractivity contribution in [3.05, 3.63) is 0 Å². The van der Waals surface area contributed by atoms with Gasteiger partial charge in [-0.05, 0) is 13.8 Å². The van der Waals surface area contributed by atoms with Crippen LogP contribution in [0.4, 0.5) is 8.78 Å². The second kappa shape index (κ2) is 5.97. The summed E-state index contributed by atoms with van der Waals surface area (Å²) in [6, 6.07) is 0.0395. The fraction of sp³-hybridized carbons (Fsp3) is 0.889. The largest absolute Gasteiger partial charge is 0.390 e. The van der Waals surface area contributed by atoms with Gasteiger partial charge < -0.3 is 15.3 Å². The van der Waals surface area contributed by atoms with Crippen LogP contribution in [0.1, 0.15) is 13.8 Å². The minimum absolute atomic E-state index is 0.0395. The Balaban J connectivity index is 3.83. The highest BCUT2D eigenvalue weighted by Gasteiger charge is 2.27. The maximum atomic E-state index is 12.5. The Labute approximate surface area is 88.3 Å². The molecular weight excluding hydrogens is 206 g/mol. The maximum Gasteiger partial charge on any atom is 0.282 e. The van der Waals surface area contributed by atoms with E-state index in [2.05, 4.69) is 5.32 Å². The standard InChI is InChI=1S/C9H18F2N2O2/c1-7(2)13(3)8(15)4-12-5-9(10,11)6-14/h7,12,14H,4-6H2,1-3H3. The first-order chi connectivity index (χ1) is 6.80. The topological polar surface area (TPSA) is 52.6 Å². The number of amides is 1. The van der Waals surface area contributed by atoms with E-state index in [1.54, 1.807) is 7.05 Å². The molecule has 0 atom stereocenters. The third kappa shape index (κ3) is 5.64. The SMILES string of the molecule is CC(C)N(C)C(=O)CNCC(F)(F)CO. The zero-order chi connectivity index (χ0) is 12.1. The monoisotopic (exact) mass is 224 g/mol. The molecule has 90 valence electrons. The van der Waals surface area contributed by atoms with E-state index in [-0.39, 0.29) is 18.5 Å². The molecule has 6 heteroatoms. The van der Waals surface area contributed by atoms with Crippen molar-refractivity contribution in [1.29, 1.82) is 0 Å². The van der Waals surface area contributed by atoms with E-state index in [1.165, 1.54) is 4.90 Å². The summed E-state index contributed by atoms with van der Waals surface area (Å²) in [7, 11) is 1.61. The van der Waals surface area contributed by atoms with Crippen LogP contribution in [-0.4, -0.2) is 54.6 Å². The van der Waals surface area contributed by atoms with E-state index < -0.39 is 19.1 Å². The molecule has 0 saturated heterocycles. The minimum atomic E-state index is -3.17. The normalized spacial score (nSPS) is 11.9. The van der Waals surface area contributed by atoms with Crippen LogP contribution in [-0.2, 0) is 4.79 Å². The molecule has 0 radical (unpaired) electrons. The average molecular weight is 224 g/mol. The first-order valence-electron chi connectivity index (χ1n) is 4.75. The van der Waals surface area contributed by atoms with Crippen molar-refractivity contribution < 1.29 is 18.7 Å². The molecule has 0 saturated carbocycles. The number of alkyl halides is 2. The van der Waals surface area contributed by atoms with Gasteiger partial charge in [0.15, 0.2) is 0 Å². The van der Waals surface area contributed by atoms with Gasteiger partial charge in [0, 0.05) is 13.1 Å².